The van der Waals surface area contributed by atoms with Gasteiger partial charge in [-0.1, -0.05) is 36.4 Å². The number of nitrogens with one attached hydrogen (secondary N) is 1. The molecular weight excluding hydrogens is 518 g/mol. The Hall–Kier alpha value is -4.44. The Morgan fingerprint density at radius 1 is 1.00 bits per heavy atom. The van der Waals surface area contributed by atoms with Crippen molar-refractivity contribution in [1.82, 2.24) is 9.80 Å². The molecule has 1 unspecified atom stereocenters. The van der Waals surface area contributed by atoms with Crippen molar-refractivity contribution in [3.05, 3.63) is 89.5 Å². The Morgan fingerprint density at radius 3 is 2.49 bits per heavy atom. The van der Waals surface area contributed by atoms with E-state index in [-0.39, 0.29) is 25.0 Å². The van der Waals surface area contributed by atoms with Crippen molar-refractivity contribution in [3.63, 3.8) is 0 Å². The molecule has 0 aromatic heterocycles. The number of hydrogen-bond donors (Lipinski definition) is 1. The van der Waals surface area contributed by atoms with E-state index in [1.807, 2.05) is 48.5 Å². The number of rotatable bonds is 9. The minimum atomic E-state index is -0.770. The number of amides is 2. The molecule has 0 bridgehead atoms. The average Bonchev–Trinajstić information content (AvgIpc) is 3.50. The highest BCUT2D eigenvalue weighted by Gasteiger charge is 2.43. The Kier molecular flexibility index (Phi) is 7.74. The largest absolute Gasteiger partial charge is 0.465 e. The highest BCUT2D eigenvalue weighted by atomic mass is 32.1. The number of methoxy groups -OCH3 is 1. The molecule has 5 rings (SSSR count). The molecule has 1 atom stereocenters. The second kappa shape index (κ2) is 11.5. The number of hydrogen-bond acceptors (Lipinski definition) is 7. The van der Waals surface area contributed by atoms with Gasteiger partial charge in [0, 0.05) is 18.8 Å². The number of ether oxygens (including phenoxy) is 3. The number of fused-ring (bicyclic) bond motifs is 1. The summed E-state index contributed by atoms with van der Waals surface area (Å²) in [5.74, 6) is 0.273. The molecule has 2 heterocycles. The van der Waals surface area contributed by atoms with Gasteiger partial charge in [-0.25, -0.2) is 4.79 Å². The summed E-state index contributed by atoms with van der Waals surface area (Å²) in [5, 5.41) is 3.19. The van der Waals surface area contributed by atoms with E-state index in [0.717, 1.165) is 11.1 Å². The summed E-state index contributed by atoms with van der Waals surface area (Å²) in [6.07, 6.45) is 0.542. The molecule has 1 N–H and O–H groups in total. The first kappa shape index (κ1) is 26.2. The van der Waals surface area contributed by atoms with Gasteiger partial charge in [0.2, 0.25) is 12.7 Å². The van der Waals surface area contributed by atoms with Gasteiger partial charge in [0.05, 0.1) is 19.1 Å². The zero-order chi connectivity index (χ0) is 27.4. The molecule has 1 saturated heterocycles. The van der Waals surface area contributed by atoms with Gasteiger partial charge in [-0.3, -0.25) is 14.5 Å². The zero-order valence-corrected chi connectivity index (χ0v) is 22.1. The summed E-state index contributed by atoms with van der Waals surface area (Å²) >= 11 is 5.76. The van der Waals surface area contributed by atoms with E-state index in [4.69, 9.17) is 26.4 Å². The molecule has 2 aliphatic heterocycles. The molecule has 1 fully saturated rings. The normalized spacial score (nSPS) is 16.0. The van der Waals surface area contributed by atoms with E-state index < -0.39 is 12.0 Å². The van der Waals surface area contributed by atoms with Crippen LogP contribution in [0.4, 0.5) is 5.69 Å². The van der Waals surface area contributed by atoms with Gasteiger partial charge >= 0.3 is 5.97 Å². The molecule has 0 saturated carbocycles. The maximum absolute atomic E-state index is 13.6. The van der Waals surface area contributed by atoms with E-state index in [1.165, 1.54) is 7.11 Å². The summed E-state index contributed by atoms with van der Waals surface area (Å²) in [5.41, 5.74) is 2.84. The summed E-state index contributed by atoms with van der Waals surface area (Å²) in [7, 11) is 1.31. The van der Waals surface area contributed by atoms with Crippen LogP contribution in [0, 0.1) is 0 Å². The van der Waals surface area contributed by atoms with Crippen LogP contribution in [0.15, 0.2) is 72.8 Å². The lowest BCUT2D eigenvalue weighted by molar-refractivity contribution is -0.130. The molecule has 3 aromatic carbocycles. The molecule has 0 radical (unpaired) electrons. The van der Waals surface area contributed by atoms with E-state index >= 15 is 0 Å². The lowest BCUT2D eigenvalue weighted by Crippen LogP contribution is -2.37. The van der Waals surface area contributed by atoms with E-state index in [2.05, 4.69) is 5.32 Å². The number of benzene rings is 3. The monoisotopic (exact) mass is 545 g/mol. The minimum Gasteiger partial charge on any atom is -0.465 e. The first-order valence-corrected chi connectivity index (χ1v) is 12.9. The number of carbonyl (C=O) groups is 3. The van der Waals surface area contributed by atoms with Crippen molar-refractivity contribution < 1.29 is 28.6 Å². The molecule has 2 aliphatic rings. The summed E-state index contributed by atoms with van der Waals surface area (Å²) in [6.45, 7) is 0.900. The number of nitrogens with zero attached hydrogens (tertiary/aromatic N) is 2. The summed E-state index contributed by atoms with van der Waals surface area (Å²) in [4.78, 5) is 41.7. The average molecular weight is 546 g/mol. The molecular formula is C29H27N3O6S. The molecule has 0 aliphatic carbocycles. The fourth-order valence-electron chi connectivity index (χ4n) is 4.59. The first-order chi connectivity index (χ1) is 18.9. The quantitative estimate of drug-likeness (QED) is 0.321. The summed E-state index contributed by atoms with van der Waals surface area (Å²) in [6, 6.07) is 21.0. The van der Waals surface area contributed by atoms with Crippen LogP contribution in [0.1, 0.15) is 27.9 Å². The predicted molar refractivity (Wildman–Crippen MR) is 147 cm³/mol. The molecule has 2 amide bonds. The van der Waals surface area contributed by atoms with E-state index in [1.54, 1.807) is 34.1 Å². The van der Waals surface area contributed by atoms with Gasteiger partial charge in [0.25, 0.3) is 5.91 Å². The second-order valence-corrected chi connectivity index (χ2v) is 9.53. The molecule has 200 valence electrons. The smallest absolute Gasteiger partial charge is 0.337 e. The fourth-order valence-corrected chi connectivity index (χ4v) is 4.97. The van der Waals surface area contributed by atoms with Crippen molar-refractivity contribution in [2.24, 2.45) is 0 Å². The number of thiocarbonyl (C=S) groups is 1. The van der Waals surface area contributed by atoms with E-state index in [0.29, 0.717) is 47.4 Å². The highest BCUT2D eigenvalue weighted by molar-refractivity contribution is 7.80. The van der Waals surface area contributed by atoms with E-state index in [9.17, 15) is 14.4 Å². The van der Waals surface area contributed by atoms with Crippen LogP contribution in [-0.2, 0) is 27.3 Å². The Bertz CT molecular complexity index is 1400. The van der Waals surface area contributed by atoms with Crippen LogP contribution in [0.25, 0.3) is 0 Å². The SMILES string of the molecule is COC(=O)c1ccc(NC(=O)CC2C(=O)N(CCc3ccccc3)C(=S)N2Cc2ccc3c(c2)OCO3)cc1. The molecule has 9 nitrogen and oxygen atoms in total. The van der Waals surface area contributed by atoms with Crippen molar-refractivity contribution >= 4 is 40.8 Å². The third-order valence-corrected chi connectivity index (χ3v) is 7.08. The van der Waals surface area contributed by atoms with Crippen molar-refractivity contribution in [1.29, 1.82) is 0 Å². The van der Waals surface area contributed by atoms with Crippen molar-refractivity contribution in [2.75, 3.05) is 25.8 Å². The maximum atomic E-state index is 13.6. The first-order valence-electron chi connectivity index (χ1n) is 12.5. The zero-order valence-electron chi connectivity index (χ0n) is 21.3. The van der Waals surface area contributed by atoms with Gasteiger partial charge < -0.3 is 24.4 Å². The second-order valence-electron chi connectivity index (χ2n) is 9.16. The van der Waals surface area contributed by atoms with Crippen molar-refractivity contribution in [2.45, 2.75) is 25.4 Å². The van der Waals surface area contributed by atoms with Crippen LogP contribution in [0.5, 0.6) is 11.5 Å². The lowest BCUT2D eigenvalue weighted by atomic mass is 10.1. The topological polar surface area (TPSA) is 97.4 Å². The van der Waals surface area contributed by atoms with Crippen LogP contribution < -0.4 is 14.8 Å². The predicted octanol–water partition coefficient (Wildman–Crippen LogP) is 3.77. The Balaban J connectivity index is 1.32. The third kappa shape index (κ3) is 5.85. The number of esters is 1. The molecule has 10 heteroatoms. The molecule has 0 spiro atoms. The highest BCUT2D eigenvalue weighted by Crippen LogP contribution is 2.34. The van der Waals surface area contributed by atoms with Crippen LogP contribution in [-0.4, -0.2) is 59.2 Å². The summed E-state index contributed by atoms with van der Waals surface area (Å²) < 4.78 is 15.6. The van der Waals surface area contributed by atoms with Crippen LogP contribution in [0.3, 0.4) is 0 Å². The maximum Gasteiger partial charge on any atom is 0.337 e. The molecule has 39 heavy (non-hydrogen) atoms. The lowest BCUT2D eigenvalue weighted by Gasteiger charge is -2.24. The minimum absolute atomic E-state index is 0.0931. The fraction of sp³-hybridized carbons (Fsp3) is 0.241. The Morgan fingerprint density at radius 2 is 1.74 bits per heavy atom. The van der Waals surface area contributed by atoms with Crippen molar-refractivity contribution in [3.8, 4) is 11.5 Å². The standard InChI is InChI=1S/C29H27N3O6S/c1-36-28(35)21-8-10-22(11-9-21)30-26(33)16-23-27(34)31(14-13-19-5-3-2-4-6-19)29(39)32(23)17-20-7-12-24-25(15-20)38-18-37-24/h2-12,15,23H,13-14,16-18H2,1H3,(H,30,33). The Labute approximate surface area is 231 Å². The number of anilines is 1. The molecule has 3 aromatic rings. The number of carbonyl (C=O) groups excluding carboxylic acids is 3. The van der Waals surface area contributed by atoms with Gasteiger partial charge in [0.1, 0.15) is 6.04 Å². The van der Waals surface area contributed by atoms with Gasteiger partial charge in [0.15, 0.2) is 16.6 Å². The van der Waals surface area contributed by atoms with Crippen LogP contribution >= 0.6 is 12.2 Å². The van der Waals surface area contributed by atoms with Gasteiger partial charge in [-0.2, -0.15) is 0 Å². The van der Waals surface area contributed by atoms with Gasteiger partial charge in [-0.15, -0.1) is 0 Å². The van der Waals surface area contributed by atoms with Crippen LogP contribution in [0.2, 0.25) is 0 Å². The third-order valence-electron chi connectivity index (χ3n) is 6.63. The van der Waals surface area contributed by atoms with Gasteiger partial charge in [-0.05, 0) is 66.2 Å².